The topological polar surface area (TPSA) is 0 Å². The molecular weight excluding hydrogens is 228 g/mol. The Morgan fingerprint density at radius 3 is 2.37 bits per heavy atom. The van der Waals surface area contributed by atoms with Crippen molar-refractivity contribution in [2.75, 3.05) is 0 Å². The average Bonchev–Trinajstić information content (AvgIpc) is 2.39. The molecule has 1 aliphatic carbocycles. The van der Waals surface area contributed by atoms with Gasteiger partial charge in [0.2, 0.25) is 0 Å². The van der Waals surface area contributed by atoms with Gasteiger partial charge in [0.05, 0.1) is 0 Å². The van der Waals surface area contributed by atoms with Crippen molar-refractivity contribution < 1.29 is 0 Å². The van der Waals surface area contributed by atoms with Crippen LogP contribution in [-0.2, 0) is 19.3 Å². The molecule has 1 aromatic carbocycles. The van der Waals surface area contributed by atoms with E-state index in [-0.39, 0.29) is 0 Å². The Balaban J connectivity index is 1.78. The van der Waals surface area contributed by atoms with Crippen LogP contribution in [0, 0.1) is 5.92 Å². The number of aryl methyl sites for hydroxylation is 3. The van der Waals surface area contributed by atoms with Gasteiger partial charge in [-0.05, 0) is 48.3 Å². The lowest BCUT2D eigenvalue weighted by Gasteiger charge is -2.20. The van der Waals surface area contributed by atoms with Crippen LogP contribution in [0.3, 0.4) is 0 Å². The van der Waals surface area contributed by atoms with Crippen LogP contribution < -0.4 is 0 Å². The molecule has 0 aromatic heterocycles. The van der Waals surface area contributed by atoms with Crippen LogP contribution in [0.2, 0.25) is 0 Å². The van der Waals surface area contributed by atoms with Crippen LogP contribution in [0.5, 0.6) is 0 Å². The average molecular weight is 258 g/mol. The summed E-state index contributed by atoms with van der Waals surface area (Å²) >= 11 is 0. The van der Waals surface area contributed by atoms with Crippen molar-refractivity contribution in [1.29, 1.82) is 0 Å². The molecule has 1 aromatic rings. The quantitative estimate of drug-likeness (QED) is 0.497. The van der Waals surface area contributed by atoms with E-state index in [1.165, 1.54) is 64.2 Å². The van der Waals surface area contributed by atoms with E-state index in [1.54, 1.807) is 16.7 Å². The van der Waals surface area contributed by atoms with Gasteiger partial charge in [-0.1, -0.05) is 70.6 Å². The summed E-state index contributed by atoms with van der Waals surface area (Å²) in [4.78, 5) is 0. The molecular formula is C19H30. The maximum atomic E-state index is 2.47. The lowest BCUT2D eigenvalue weighted by Crippen LogP contribution is -2.09. The smallest absolute Gasteiger partial charge is 0.0235 e. The third-order valence-corrected chi connectivity index (χ3v) is 4.69. The normalized spacial score (nSPS) is 14.8. The van der Waals surface area contributed by atoms with Crippen LogP contribution in [-0.4, -0.2) is 0 Å². The molecule has 0 aliphatic heterocycles. The van der Waals surface area contributed by atoms with Crippen molar-refractivity contribution >= 4 is 0 Å². The van der Waals surface area contributed by atoms with E-state index in [9.17, 15) is 0 Å². The van der Waals surface area contributed by atoms with Gasteiger partial charge in [-0.3, -0.25) is 0 Å². The lowest BCUT2D eigenvalue weighted by molar-refractivity contribution is 0.398. The predicted molar refractivity (Wildman–Crippen MR) is 84.7 cm³/mol. The summed E-state index contributed by atoms with van der Waals surface area (Å²) in [6, 6.07) is 7.20. The minimum atomic E-state index is 0.961. The van der Waals surface area contributed by atoms with Crippen molar-refractivity contribution in [2.45, 2.75) is 78.1 Å². The third-order valence-electron chi connectivity index (χ3n) is 4.69. The van der Waals surface area contributed by atoms with Gasteiger partial charge < -0.3 is 0 Å². The van der Waals surface area contributed by atoms with E-state index >= 15 is 0 Å². The summed E-state index contributed by atoms with van der Waals surface area (Å²) in [5.41, 5.74) is 4.79. The van der Waals surface area contributed by atoms with E-state index < -0.39 is 0 Å². The Hall–Kier alpha value is -0.780. The number of hydrogen-bond donors (Lipinski definition) is 0. The highest BCUT2D eigenvalue weighted by Gasteiger charge is 2.13. The zero-order chi connectivity index (χ0) is 13.5. The molecule has 0 radical (unpaired) electrons. The largest absolute Gasteiger partial charge is 0.0654 e. The standard InChI is InChI=1S/C19H30/c1-3-5-6-8-16(7-4-2)9-10-17-11-12-18-13-14-19(18)15-17/h11-12,15-16H,3-10,13-14H2,1-2H3. The molecule has 0 amide bonds. The molecule has 0 bridgehead atoms. The van der Waals surface area contributed by atoms with Crippen molar-refractivity contribution in [1.82, 2.24) is 0 Å². The molecule has 0 saturated carbocycles. The van der Waals surface area contributed by atoms with Crippen molar-refractivity contribution in [3.05, 3.63) is 34.9 Å². The molecule has 0 fully saturated rings. The van der Waals surface area contributed by atoms with Crippen LogP contribution in [0.25, 0.3) is 0 Å². The van der Waals surface area contributed by atoms with E-state index in [2.05, 4.69) is 32.0 Å². The third kappa shape index (κ3) is 4.37. The molecule has 0 N–H and O–H groups in total. The van der Waals surface area contributed by atoms with Gasteiger partial charge in [0.1, 0.15) is 0 Å². The first-order valence-corrected chi connectivity index (χ1v) is 8.44. The summed E-state index contributed by atoms with van der Waals surface area (Å²) in [6.45, 7) is 4.63. The zero-order valence-electron chi connectivity index (χ0n) is 12.9. The van der Waals surface area contributed by atoms with Crippen LogP contribution >= 0.6 is 0 Å². The minimum Gasteiger partial charge on any atom is -0.0654 e. The molecule has 0 spiro atoms. The summed E-state index contributed by atoms with van der Waals surface area (Å²) in [5.74, 6) is 0.961. The van der Waals surface area contributed by atoms with E-state index in [1.807, 2.05) is 0 Å². The molecule has 2 rings (SSSR count). The van der Waals surface area contributed by atoms with Crippen LogP contribution in [0.4, 0.5) is 0 Å². The summed E-state index contributed by atoms with van der Waals surface area (Å²) in [6.07, 6.45) is 13.7. The lowest BCUT2D eigenvalue weighted by atomic mass is 9.85. The Morgan fingerprint density at radius 1 is 0.895 bits per heavy atom. The van der Waals surface area contributed by atoms with Crippen molar-refractivity contribution in [3.63, 3.8) is 0 Å². The fraction of sp³-hybridized carbons (Fsp3) is 0.684. The Bertz CT molecular complexity index is 378. The number of unbranched alkanes of at least 4 members (excludes halogenated alkanes) is 2. The number of benzene rings is 1. The second-order valence-electron chi connectivity index (χ2n) is 6.29. The highest BCUT2D eigenvalue weighted by molar-refractivity contribution is 5.38. The van der Waals surface area contributed by atoms with E-state index in [0.29, 0.717) is 0 Å². The van der Waals surface area contributed by atoms with Crippen molar-refractivity contribution in [2.24, 2.45) is 5.92 Å². The van der Waals surface area contributed by atoms with E-state index in [4.69, 9.17) is 0 Å². The first kappa shape index (κ1) is 14.6. The molecule has 1 unspecified atom stereocenters. The highest BCUT2D eigenvalue weighted by Crippen LogP contribution is 2.26. The second kappa shape index (κ2) is 7.72. The molecule has 1 aliphatic rings. The maximum absolute atomic E-state index is 2.47. The number of fused-ring (bicyclic) bond motifs is 1. The molecule has 0 heteroatoms. The van der Waals surface area contributed by atoms with Gasteiger partial charge in [-0.15, -0.1) is 0 Å². The summed E-state index contributed by atoms with van der Waals surface area (Å²) in [7, 11) is 0. The maximum Gasteiger partial charge on any atom is -0.0235 e. The molecule has 1 atom stereocenters. The van der Waals surface area contributed by atoms with Gasteiger partial charge in [0.25, 0.3) is 0 Å². The van der Waals surface area contributed by atoms with E-state index in [0.717, 1.165) is 5.92 Å². The molecule has 0 heterocycles. The molecule has 0 saturated heterocycles. The summed E-state index contributed by atoms with van der Waals surface area (Å²) < 4.78 is 0. The fourth-order valence-corrected chi connectivity index (χ4v) is 3.30. The zero-order valence-corrected chi connectivity index (χ0v) is 12.9. The monoisotopic (exact) mass is 258 g/mol. The molecule has 0 nitrogen and oxygen atoms in total. The number of rotatable bonds is 9. The Kier molecular flexibility index (Phi) is 5.94. The first-order valence-electron chi connectivity index (χ1n) is 8.44. The second-order valence-corrected chi connectivity index (χ2v) is 6.29. The van der Waals surface area contributed by atoms with Gasteiger partial charge in [0.15, 0.2) is 0 Å². The highest BCUT2D eigenvalue weighted by atomic mass is 14.2. The predicted octanol–water partition coefficient (Wildman–Crippen LogP) is 5.71. The van der Waals surface area contributed by atoms with Gasteiger partial charge >= 0.3 is 0 Å². The van der Waals surface area contributed by atoms with Gasteiger partial charge in [-0.25, -0.2) is 0 Å². The van der Waals surface area contributed by atoms with Crippen LogP contribution in [0.1, 0.15) is 75.5 Å². The Labute approximate surface area is 119 Å². The first-order chi connectivity index (χ1) is 9.33. The van der Waals surface area contributed by atoms with Crippen molar-refractivity contribution in [3.8, 4) is 0 Å². The fourth-order valence-electron chi connectivity index (χ4n) is 3.30. The summed E-state index contributed by atoms with van der Waals surface area (Å²) in [5, 5.41) is 0. The minimum absolute atomic E-state index is 0.961. The van der Waals surface area contributed by atoms with Crippen LogP contribution in [0.15, 0.2) is 18.2 Å². The molecule has 106 valence electrons. The SMILES string of the molecule is CCCCCC(CCC)CCc1ccc2c(c1)CC2. The van der Waals surface area contributed by atoms with Gasteiger partial charge in [0, 0.05) is 0 Å². The number of hydrogen-bond acceptors (Lipinski definition) is 0. The Morgan fingerprint density at radius 2 is 1.74 bits per heavy atom. The molecule has 19 heavy (non-hydrogen) atoms. The van der Waals surface area contributed by atoms with Gasteiger partial charge in [-0.2, -0.15) is 0 Å².